The van der Waals surface area contributed by atoms with Crippen LogP contribution in [0.25, 0.3) is 0 Å². The largest absolute Gasteiger partial charge is 0.392 e. The number of halogens is 1. The summed E-state index contributed by atoms with van der Waals surface area (Å²) < 4.78 is 0.839. The van der Waals surface area contributed by atoms with Crippen molar-refractivity contribution in [2.24, 2.45) is 0 Å². The van der Waals surface area contributed by atoms with Crippen molar-refractivity contribution in [3.05, 3.63) is 56.7 Å². The first-order chi connectivity index (χ1) is 8.78. The molecule has 0 radical (unpaired) electrons. The molecule has 0 bridgehead atoms. The van der Waals surface area contributed by atoms with Crippen LogP contribution in [0.5, 0.6) is 0 Å². The van der Waals surface area contributed by atoms with Gasteiger partial charge in [-0.3, -0.25) is 0 Å². The molecule has 0 atom stereocenters. The highest BCUT2D eigenvalue weighted by Crippen LogP contribution is 2.20. The van der Waals surface area contributed by atoms with Crippen LogP contribution in [-0.4, -0.2) is 11.7 Å². The van der Waals surface area contributed by atoms with Crippen LogP contribution in [0.4, 0.5) is 0 Å². The molecule has 0 unspecified atom stereocenters. The summed E-state index contributed by atoms with van der Waals surface area (Å²) in [7, 11) is 0. The lowest BCUT2D eigenvalue weighted by Crippen LogP contribution is -2.15. The molecule has 0 aliphatic rings. The molecule has 0 aliphatic heterocycles. The maximum Gasteiger partial charge on any atom is 0.0931 e. The average Bonchev–Trinajstić information content (AvgIpc) is 2.81. The van der Waals surface area contributed by atoms with Crippen LogP contribution < -0.4 is 5.32 Å². The first-order valence-corrected chi connectivity index (χ1v) is 7.11. The molecule has 2 N–H and O–H groups in total. The van der Waals surface area contributed by atoms with Crippen molar-refractivity contribution in [1.29, 1.82) is 0 Å². The Hall–Kier alpha value is -0.870. The van der Waals surface area contributed by atoms with E-state index < -0.39 is 0 Å². The lowest BCUT2D eigenvalue weighted by atomic mass is 10.1. The highest BCUT2D eigenvalue weighted by atomic mass is 35.5. The van der Waals surface area contributed by atoms with Gasteiger partial charge in [-0.2, -0.15) is 0 Å². The van der Waals surface area contributed by atoms with Gasteiger partial charge in [0.05, 0.1) is 10.9 Å². The molecule has 0 amide bonds. The Morgan fingerprint density at radius 3 is 2.39 bits per heavy atom. The van der Waals surface area contributed by atoms with Crippen molar-refractivity contribution in [1.82, 2.24) is 5.32 Å². The predicted molar refractivity (Wildman–Crippen MR) is 77.1 cm³/mol. The van der Waals surface area contributed by atoms with Gasteiger partial charge in [0.15, 0.2) is 0 Å². The number of aliphatic hydroxyl groups excluding tert-OH is 1. The number of thiophene rings is 1. The molecule has 0 fully saturated rings. The third-order valence-corrected chi connectivity index (χ3v) is 3.96. The van der Waals surface area contributed by atoms with Crippen LogP contribution in [0.15, 0.2) is 36.4 Å². The minimum Gasteiger partial charge on any atom is -0.392 e. The zero-order chi connectivity index (χ0) is 12.8. The zero-order valence-corrected chi connectivity index (χ0v) is 11.6. The maximum absolute atomic E-state index is 8.95. The Morgan fingerprint density at radius 1 is 1.06 bits per heavy atom. The van der Waals surface area contributed by atoms with E-state index in [4.69, 9.17) is 16.7 Å². The topological polar surface area (TPSA) is 32.3 Å². The molecule has 2 nitrogen and oxygen atoms in total. The van der Waals surface area contributed by atoms with E-state index in [0.717, 1.165) is 29.4 Å². The van der Waals surface area contributed by atoms with Crippen molar-refractivity contribution in [3.63, 3.8) is 0 Å². The van der Waals surface area contributed by atoms with Crippen molar-refractivity contribution < 1.29 is 5.11 Å². The summed E-state index contributed by atoms with van der Waals surface area (Å²) in [5, 5.41) is 12.3. The standard InChI is InChI=1S/C14H16ClNOS/c15-14-6-5-13(18-14)9-16-8-7-11-1-3-12(10-17)4-2-11/h1-6,16-17H,7-10H2. The van der Waals surface area contributed by atoms with Gasteiger partial charge in [0.25, 0.3) is 0 Å². The number of hydrogen-bond donors (Lipinski definition) is 2. The molecule has 18 heavy (non-hydrogen) atoms. The van der Waals surface area contributed by atoms with Crippen LogP contribution in [0.2, 0.25) is 4.34 Å². The van der Waals surface area contributed by atoms with E-state index in [0.29, 0.717) is 0 Å². The van der Waals surface area contributed by atoms with E-state index in [2.05, 4.69) is 23.5 Å². The van der Waals surface area contributed by atoms with Crippen molar-refractivity contribution in [2.75, 3.05) is 6.54 Å². The van der Waals surface area contributed by atoms with Crippen LogP contribution in [0, 0.1) is 0 Å². The van der Waals surface area contributed by atoms with Gasteiger partial charge in [-0.25, -0.2) is 0 Å². The van der Waals surface area contributed by atoms with Gasteiger partial charge >= 0.3 is 0 Å². The van der Waals surface area contributed by atoms with Crippen molar-refractivity contribution >= 4 is 22.9 Å². The van der Waals surface area contributed by atoms with Crippen LogP contribution in [0.3, 0.4) is 0 Å². The van der Waals surface area contributed by atoms with Gasteiger partial charge in [-0.15, -0.1) is 11.3 Å². The second-order valence-electron chi connectivity index (χ2n) is 4.11. The summed E-state index contributed by atoms with van der Waals surface area (Å²) in [6.45, 7) is 1.91. The van der Waals surface area contributed by atoms with Crippen LogP contribution in [0.1, 0.15) is 16.0 Å². The molecule has 1 aromatic heterocycles. The number of nitrogens with one attached hydrogen (secondary N) is 1. The summed E-state index contributed by atoms with van der Waals surface area (Å²) in [6, 6.07) is 12.0. The number of rotatable bonds is 6. The van der Waals surface area contributed by atoms with Crippen LogP contribution in [-0.2, 0) is 19.6 Å². The van der Waals surface area contributed by atoms with Gasteiger partial charge < -0.3 is 10.4 Å². The fourth-order valence-corrected chi connectivity index (χ4v) is 2.76. The van der Waals surface area contributed by atoms with Crippen LogP contribution >= 0.6 is 22.9 Å². The molecule has 0 saturated carbocycles. The van der Waals surface area contributed by atoms with E-state index in [1.165, 1.54) is 10.4 Å². The first kappa shape index (κ1) is 13.6. The highest BCUT2D eigenvalue weighted by Gasteiger charge is 1.98. The summed E-state index contributed by atoms with van der Waals surface area (Å²) in [4.78, 5) is 1.26. The van der Waals surface area contributed by atoms with Crippen molar-refractivity contribution in [3.8, 4) is 0 Å². The van der Waals surface area contributed by atoms with Crippen molar-refractivity contribution in [2.45, 2.75) is 19.6 Å². The molecule has 0 aliphatic carbocycles. The number of hydrogen-bond acceptors (Lipinski definition) is 3. The summed E-state index contributed by atoms with van der Waals surface area (Å²) in [6.07, 6.45) is 0.991. The Kier molecular flexibility index (Phi) is 5.20. The first-order valence-electron chi connectivity index (χ1n) is 5.91. The molecule has 0 saturated heterocycles. The Balaban J connectivity index is 1.71. The normalized spacial score (nSPS) is 10.8. The molecule has 96 valence electrons. The fraction of sp³-hybridized carbons (Fsp3) is 0.286. The van der Waals surface area contributed by atoms with Gasteiger partial charge in [0, 0.05) is 11.4 Å². The molecule has 2 rings (SSSR count). The average molecular weight is 282 g/mol. The second kappa shape index (κ2) is 6.90. The molecule has 1 aromatic carbocycles. The second-order valence-corrected chi connectivity index (χ2v) is 5.91. The van der Waals surface area contributed by atoms with E-state index in [9.17, 15) is 0 Å². The monoisotopic (exact) mass is 281 g/mol. The third-order valence-electron chi connectivity index (χ3n) is 2.72. The SMILES string of the molecule is OCc1ccc(CCNCc2ccc(Cl)s2)cc1. The molecule has 0 spiro atoms. The smallest absolute Gasteiger partial charge is 0.0931 e. The Labute approximate surface area is 116 Å². The summed E-state index contributed by atoms with van der Waals surface area (Å²) >= 11 is 7.48. The van der Waals surface area contributed by atoms with E-state index in [1.54, 1.807) is 11.3 Å². The Bertz CT molecular complexity index is 481. The molecule has 1 heterocycles. The van der Waals surface area contributed by atoms with Gasteiger partial charge in [0.2, 0.25) is 0 Å². The molecule has 4 heteroatoms. The number of aliphatic hydroxyl groups is 1. The zero-order valence-electron chi connectivity index (χ0n) is 10.0. The molecular weight excluding hydrogens is 266 g/mol. The predicted octanol–water partition coefficient (Wildman–Crippen LogP) is 3.23. The van der Waals surface area contributed by atoms with E-state index >= 15 is 0 Å². The lowest BCUT2D eigenvalue weighted by Gasteiger charge is -2.04. The maximum atomic E-state index is 8.95. The summed E-state index contributed by atoms with van der Waals surface area (Å²) in [5.41, 5.74) is 2.24. The molecule has 2 aromatic rings. The number of benzene rings is 1. The lowest BCUT2D eigenvalue weighted by molar-refractivity contribution is 0.282. The van der Waals surface area contributed by atoms with E-state index in [1.807, 2.05) is 18.2 Å². The minimum atomic E-state index is 0.109. The summed E-state index contributed by atoms with van der Waals surface area (Å²) in [5.74, 6) is 0. The quantitative estimate of drug-likeness (QED) is 0.797. The van der Waals surface area contributed by atoms with Gasteiger partial charge in [-0.05, 0) is 36.2 Å². The Morgan fingerprint density at radius 2 is 1.78 bits per heavy atom. The van der Waals surface area contributed by atoms with Gasteiger partial charge in [-0.1, -0.05) is 35.9 Å². The van der Waals surface area contributed by atoms with Gasteiger partial charge in [0.1, 0.15) is 0 Å². The highest BCUT2D eigenvalue weighted by molar-refractivity contribution is 7.16. The van der Waals surface area contributed by atoms with E-state index in [-0.39, 0.29) is 6.61 Å². The fourth-order valence-electron chi connectivity index (χ4n) is 1.70. The minimum absolute atomic E-state index is 0.109. The molecular formula is C14H16ClNOS. The third kappa shape index (κ3) is 4.10.